The summed E-state index contributed by atoms with van der Waals surface area (Å²) in [6.07, 6.45) is 2.61. The van der Waals surface area contributed by atoms with Crippen LogP contribution in [0.15, 0.2) is 29.3 Å². The average Bonchev–Trinajstić information content (AvgIpc) is 3.10. The Balaban J connectivity index is 1.54. The highest BCUT2D eigenvalue weighted by molar-refractivity contribution is 5.79. The lowest BCUT2D eigenvalue weighted by molar-refractivity contribution is 0.237. The molecule has 21 heavy (non-hydrogen) atoms. The molecule has 2 aliphatic rings. The molecule has 3 rings (SSSR count). The van der Waals surface area contributed by atoms with E-state index in [1.807, 2.05) is 24.3 Å². The van der Waals surface area contributed by atoms with E-state index in [-0.39, 0.29) is 5.96 Å². The molecule has 0 amide bonds. The smallest absolute Gasteiger partial charge is 0.209 e. The Morgan fingerprint density at radius 2 is 1.95 bits per heavy atom. The van der Waals surface area contributed by atoms with Crippen molar-refractivity contribution in [3.63, 3.8) is 0 Å². The van der Waals surface area contributed by atoms with E-state index < -0.39 is 5.79 Å². The van der Waals surface area contributed by atoms with Gasteiger partial charge in [0.1, 0.15) is 12.4 Å². The molecule has 1 fully saturated rings. The van der Waals surface area contributed by atoms with Gasteiger partial charge in [-0.2, -0.15) is 5.43 Å². The molecule has 2 aliphatic heterocycles. The molecule has 1 unspecified atom stereocenters. The molecule has 0 bridgehead atoms. The molecule has 1 atom stereocenters. The molecule has 0 aliphatic carbocycles. The second-order valence-corrected chi connectivity index (χ2v) is 5.44. The molecule has 7 heteroatoms. The highest BCUT2D eigenvalue weighted by Crippen LogP contribution is 2.21. The molecule has 0 radical (unpaired) electrons. The number of nitrogens with two attached hydrogens (primary N) is 2. The van der Waals surface area contributed by atoms with Crippen molar-refractivity contribution in [1.29, 1.82) is 0 Å². The first kappa shape index (κ1) is 14.1. The zero-order valence-electron chi connectivity index (χ0n) is 12.0. The fourth-order valence-corrected chi connectivity index (χ4v) is 2.65. The zero-order valence-corrected chi connectivity index (χ0v) is 12.0. The van der Waals surface area contributed by atoms with Crippen LogP contribution >= 0.6 is 0 Å². The van der Waals surface area contributed by atoms with Crippen LogP contribution in [0.1, 0.15) is 18.4 Å². The summed E-state index contributed by atoms with van der Waals surface area (Å²) < 4.78 is 5.76. The van der Waals surface area contributed by atoms with Crippen LogP contribution in [0.2, 0.25) is 0 Å². The molecule has 1 aromatic rings. The molecule has 1 aromatic carbocycles. The normalized spacial score (nSPS) is 25.7. The van der Waals surface area contributed by atoms with Crippen molar-refractivity contribution in [2.45, 2.75) is 18.6 Å². The van der Waals surface area contributed by atoms with Gasteiger partial charge in [-0.05, 0) is 38.1 Å². The number of guanidine groups is 1. The maximum atomic E-state index is 6.12. The minimum Gasteiger partial charge on any atom is -0.492 e. The summed E-state index contributed by atoms with van der Waals surface area (Å²) in [5.74, 6) is 0.103. The van der Waals surface area contributed by atoms with Crippen molar-refractivity contribution in [2.24, 2.45) is 16.5 Å². The number of benzene rings is 1. The number of hydrazine groups is 1. The van der Waals surface area contributed by atoms with Gasteiger partial charge in [-0.15, -0.1) is 0 Å². The summed E-state index contributed by atoms with van der Waals surface area (Å²) in [5.41, 5.74) is 18.1. The fraction of sp³-hybridized carbons (Fsp3) is 0.500. The van der Waals surface area contributed by atoms with E-state index in [1.54, 1.807) is 0 Å². The number of ether oxygens (including phenoxy) is 1. The summed E-state index contributed by atoms with van der Waals surface area (Å²) in [6, 6.07) is 7.59. The fourth-order valence-electron chi connectivity index (χ4n) is 2.65. The Kier molecular flexibility index (Phi) is 3.96. The predicted molar refractivity (Wildman–Crippen MR) is 81.4 cm³/mol. The molecule has 0 saturated carbocycles. The highest BCUT2D eigenvalue weighted by atomic mass is 16.5. The summed E-state index contributed by atoms with van der Waals surface area (Å²) in [4.78, 5) is 6.56. The maximum absolute atomic E-state index is 6.12. The van der Waals surface area contributed by atoms with E-state index in [4.69, 9.17) is 16.2 Å². The van der Waals surface area contributed by atoms with Crippen molar-refractivity contribution in [2.75, 3.05) is 26.2 Å². The minimum absolute atomic E-state index is 0.281. The standard InChI is InChI=1S/C14H22N6O/c15-13-17-14(16,19-18-13)11-3-5-12(6-4-11)21-10-9-20-7-1-2-8-20/h3-6,19H,1-2,7-10,16H2,(H3,15,17,18). The monoisotopic (exact) mass is 290 g/mol. The van der Waals surface area contributed by atoms with Crippen LogP contribution in [-0.2, 0) is 5.79 Å². The number of nitrogens with zero attached hydrogens (tertiary/aromatic N) is 2. The summed E-state index contributed by atoms with van der Waals surface area (Å²) >= 11 is 0. The molecular weight excluding hydrogens is 268 g/mol. The van der Waals surface area contributed by atoms with Gasteiger partial charge in [0, 0.05) is 12.1 Å². The zero-order chi connectivity index (χ0) is 14.7. The number of hydrogen-bond donors (Lipinski definition) is 4. The van der Waals surface area contributed by atoms with E-state index in [1.165, 1.54) is 25.9 Å². The van der Waals surface area contributed by atoms with Crippen molar-refractivity contribution in [3.8, 4) is 5.75 Å². The van der Waals surface area contributed by atoms with Crippen LogP contribution < -0.4 is 27.1 Å². The number of likely N-dealkylation sites (tertiary alicyclic amines) is 1. The number of rotatable bonds is 5. The van der Waals surface area contributed by atoms with E-state index in [9.17, 15) is 0 Å². The molecule has 0 aromatic heterocycles. The molecular formula is C14H22N6O. The molecule has 6 N–H and O–H groups in total. The Bertz CT molecular complexity index is 511. The van der Waals surface area contributed by atoms with E-state index in [2.05, 4.69) is 20.7 Å². The first-order valence-corrected chi connectivity index (χ1v) is 7.29. The van der Waals surface area contributed by atoms with Crippen molar-refractivity contribution in [3.05, 3.63) is 29.8 Å². The number of hydrogen-bond acceptors (Lipinski definition) is 7. The number of aliphatic imine (C=N–C) groups is 1. The Labute approximate surface area is 124 Å². The summed E-state index contributed by atoms with van der Waals surface area (Å²) in [5, 5.41) is 0. The van der Waals surface area contributed by atoms with Gasteiger partial charge in [0.05, 0.1) is 0 Å². The second kappa shape index (κ2) is 5.88. The lowest BCUT2D eigenvalue weighted by Crippen LogP contribution is -2.50. The Morgan fingerprint density at radius 3 is 2.57 bits per heavy atom. The summed E-state index contributed by atoms with van der Waals surface area (Å²) in [6.45, 7) is 4.07. The van der Waals surface area contributed by atoms with Crippen LogP contribution in [0.3, 0.4) is 0 Å². The molecule has 1 saturated heterocycles. The van der Waals surface area contributed by atoms with Crippen molar-refractivity contribution < 1.29 is 4.74 Å². The van der Waals surface area contributed by atoms with Crippen LogP contribution in [0.25, 0.3) is 0 Å². The topological polar surface area (TPSA) is 101 Å². The largest absolute Gasteiger partial charge is 0.492 e. The quantitative estimate of drug-likeness (QED) is 0.591. The van der Waals surface area contributed by atoms with Crippen LogP contribution in [0.4, 0.5) is 0 Å². The van der Waals surface area contributed by atoms with E-state index in [0.717, 1.165) is 17.9 Å². The molecule has 7 nitrogen and oxygen atoms in total. The van der Waals surface area contributed by atoms with Gasteiger partial charge in [-0.1, -0.05) is 12.1 Å². The predicted octanol–water partition coefficient (Wildman–Crippen LogP) is -0.347. The lowest BCUT2D eigenvalue weighted by Gasteiger charge is -2.21. The Hall–Kier alpha value is -1.83. The van der Waals surface area contributed by atoms with Crippen LogP contribution in [-0.4, -0.2) is 37.1 Å². The molecule has 114 valence electrons. The highest BCUT2D eigenvalue weighted by Gasteiger charge is 2.31. The van der Waals surface area contributed by atoms with Gasteiger partial charge in [-0.25, -0.2) is 4.99 Å². The third-order valence-corrected chi connectivity index (χ3v) is 3.85. The lowest BCUT2D eigenvalue weighted by atomic mass is 10.1. The average molecular weight is 290 g/mol. The van der Waals surface area contributed by atoms with Crippen LogP contribution in [0.5, 0.6) is 5.75 Å². The third kappa shape index (κ3) is 3.26. The van der Waals surface area contributed by atoms with E-state index >= 15 is 0 Å². The molecule has 2 heterocycles. The van der Waals surface area contributed by atoms with Crippen LogP contribution in [0, 0.1) is 0 Å². The Morgan fingerprint density at radius 1 is 1.24 bits per heavy atom. The van der Waals surface area contributed by atoms with Gasteiger partial charge in [-0.3, -0.25) is 16.1 Å². The number of nitrogens with one attached hydrogen (secondary N) is 2. The first-order valence-electron chi connectivity index (χ1n) is 7.29. The van der Waals surface area contributed by atoms with Gasteiger partial charge >= 0.3 is 0 Å². The van der Waals surface area contributed by atoms with Gasteiger partial charge in [0.2, 0.25) is 11.7 Å². The van der Waals surface area contributed by atoms with Crippen molar-refractivity contribution in [1.82, 2.24) is 15.8 Å². The summed E-state index contributed by atoms with van der Waals surface area (Å²) in [7, 11) is 0. The SMILES string of the molecule is NC1=NC(N)(c2ccc(OCCN3CCCC3)cc2)NN1. The second-order valence-electron chi connectivity index (χ2n) is 5.44. The van der Waals surface area contributed by atoms with Gasteiger partial charge in [0.15, 0.2) is 0 Å². The van der Waals surface area contributed by atoms with E-state index in [0.29, 0.717) is 6.61 Å². The van der Waals surface area contributed by atoms with Gasteiger partial charge < -0.3 is 10.5 Å². The first-order chi connectivity index (χ1) is 10.2. The third-order valence-electron chi connectivity index (χ3n) is 3.85. The maximum Gasteiger partial charge on any atom is 0.209 e. The molecule has 0 spiro atoms. The minimum atomic E-state index is -1.02. The van der Waals surface area contributed by atoms with Crippen molar-refractivity contribution >= 4 is 5.96 Å². The van der Waals surface area contributed by atoms with Gasteiger partial charge in [0.25, 0.3) is 0 Å².